The van der Waals surface area contributed by atoms with Gasteiger partial charge in [-0.2, -0.15) is 5.10 Å². The Morgan fingerprint density at radius 1 is 1.41 bits per heavy atom. The lowest BCUT2D eigenvalue weighted by Gasteiger charge is -2.12. The molecule has 17 heavy (non-hydrogen) atoms. The molecule has 1 aromatic carbocycles. The standard InChI is InChI=1S/C13H17N3O/c1-10(13-6-7-15-16-13)14-9-11-4-3-5-12(8-11)17-2/h3-8,10,14H,9H2,1-2H3,(H,15,16). The zero-order valence-electron chi connectivity index (χ0n) is 10.1. The smallest absolute Gasteiger partial charge is 0.119 e. The highest BCUT2D eigenvalue weighted by Crippen LogP contribution is 2.14. The summed E-state index contributed by atoms with van der Waals surface area (Å²) in [6, 6.07) is 10.3. The van der Waals surface area contributed by atoms with Crippen LogP contribution in [0.25, 0.3) is 0 Å². The van der Waals surface area contributed by atoms with E-state index >= 15 is 0 Å². The van der Waals surface area contributed by atoms with E-state index in [4.69, 9.17) is 4.74 Å². The van der Waals surface area contributed by atoms with Crippen molar-refractivity contribution in [2.45, 2.75) is 19.5 Å². The number of aromatic amines is 1. The number of hydrogen-bond acceptors (Lipinski definition) is 3. The van der Waals surface area contributed by atoms with Gasteiger partial charge in [0.1, 0.15) is 5.75 Å². The van der Waals surface area contributed by atoms with E-state index in [1.54, 1.807) is 13.3 Å². The van der Waals surface area contributed by atoms with Crippen molar-refractivity contribution < 1.29 is 4.74 Å². The molecule has 0 aliphatic rings. The molecular weight excluding hydrogens is 214 g/mol. The van der Waals surface area contributed by atoms with Crippen LogP contribution in [0.2, 0.25) is 0 Å². The molecule has 1 aromatic heterocycles. The van der Waals surface area contributed by atoms with Crippen LogP contribution in [-0.2, 0) is 6.54 Å². The minimum absolute atomic E-state index is 0.253. The van der Waals surface area contributed by atoms with Gasteiger partial charge >= 0.3 is 0 Å². The number of nitrogens with zero attached hydrogens (tertiary/aromatic N) is 1. The Kier molecular flexibility index (Phi) is 3.77. The van der Waals surface area contributed by atoms with Gasteiger partial charge in [0.2, 0.25) is 0 Å². The van der Waals surface area contributed by atoms with Crippen molar-refractivity contribution in [1.29, 1.82) is 0 Å². The topological polar surface area (TPSA) is 49.9 Å². The molecule has 1 atom stereocenters. The quantitative estimate of drug-likeness (QED) is 0.830. The lowest BCUT2D eigenvalue weighted by molar-refractivity contribution is 0.414. The van der Waals surface area contributed by atoms with E-state index in [0.717, 1.165) is 18.0 Å². The van der Waals surface area contributed by atoms with Crippen LogP contribution in [0, 0.1) is 0 Å². The van der Waals surface area contributed by atoms with E-state index in [2.05, 4.69) is 28.5 Å². The number of aromatic nitrogens is 2. The first-order chi connectivity index (χ1) is 8.29. The van der Waals surface area contributed by atoms with Gasteiger partial charge in [0.25, 0.3) is 0 Å². The van der Waals surface area contributed by atoms with Gasteiger partial charge in [-0.1, -0.05) is 12.1 Å². The van der Waals surface area contributed by atoms with Crippen LogP contribution >= 0.6 is 0 Å². The molecule has 0 radical (unpaired) electrons. The number of hydrogen-bond donors (Lipinski definition) is 2. The monoisotopic (exact) mass is 231 g/mol. The summed E-state index contributed by atoms with van der Waals surface area (Å²) < 4.78 is 5.19. The van der Waals surface area contributed by atoms with Gasteiger partial charge in [0.15, 0.2) is 0 Å². The van der Waals surface area contributed by atoms with E-state index < -0.39 is 0 Å². The molecular formula is C13H17N3O. The SMILES string of the molecule is COc1cccc(CNC(C)c2ccn[nH]2)c1. The molecule has 4 heteroatoms. The van der Waals surface area contributed by atoms with Crippen molar-refractivity contribution in [3.8, 4) is 5.75 Å². The first kappa shape index (κ1) is 11.7. The maximum atomic E-state index is 5.19. The fraction of sp³-hybridized carbons (Fsp3) is 0.308. The zero-order chi connectivity index (χ0) is 12.1. The van der Waals surface area contributed by atoms with Crippen molar-refractivity contribution in [3.05, 3.63) is 47.8 Å². The molecule has 1 heterocycles. The number of H-pyrrole nitrogens is 1. The molecule has 2 aromatic rings. The Bertz CT molecular complexity index is 453. The van der Waals surface area contributed by atoms with Gasteiger partial charge in [-0.3, -0.25) is 5.10 Å². The van der Waals surface area contributed by atoms with Crippen LogP contribution in [0.4, 0.5) is 0 Å². The van der Waals surface area contributed by atoms with E-state index in [-0.39, 0.29) is 6.04 Å². The van der Waals surface area contributed by atoms with E-state index in [1.807, 2.05) is 24.3 Å². The molecule has 4 nitrogen and oxygen atoms in total. The third kappa shape index (κ3) is 3.07. The molecule has 0 saturated heterocycles. The molecule has 0 aliphatic heterocycles. The van der Waals surface area contributed by atoms with E-state index in [0.29, 0.717) is 0 Å². The molecule has 1 unspecified atom stereocenters. The molecule has 2 rings (SSSR count). The minimum atomic E-state index is 0.253. The van der Waals surface area contributed by atoms with Gasteiger partial charge in [0, 0.05) is 18.8 Å². The molecule has 90 valence electrons. The van der Waals surface area contributed by atoms with E-state index in [9.17, 15) is 0 Å². The van der Waals surface area contributed by atoms with Crippen molar-refractivity contribution in [2.75, 3.05) is 7.11 Å². The predicted octanol–water partition coefficient (Wildman–Crippen LogP) is 2.27. The van der Waals surface area contributed by atoms with Gasteiger partial charge in [0.05, 0.1) is 12.8 Å². The summed E-state index contributed by atoms with van der Waals surface area (Å²) in [6.45, 7) is 2.91. The number of nitrogens with one attached hydrogen (secondary N) is 2. The highest BCUT2D eigenvalue weighted by atomic mass is 16.5. The van der Waals surface area contributed by atoms with Crippen LogP contribution in [-0.4, -0.2) is 17.3 Å². The number of rotatable bonds is 5. The first-order valence-corrected chi connectivity index (χ1v) is 5.65. The third-order valence-corrected chi connectivity index (χ3v) is 2.74. The molecule has 0 bridgehead atoms. The number of methoxy groups -OCH3 is 1. The summed E-state index contributed by atoms with van der Waals surface area (Å²) in [5.74, 6) is 0.887. The molecule has 0 aliphatic carbocycles. The summed E-state index contributed by atoms with van der Waals surface area (Å²) in [5.41, 5.74) is 2.30. The predicted molar refractivity (Wildman–Crippen MR) is 66.8 cm³/mol. The number of ether oxygens (including phenoxy) is 1. The Balaban J connectivity index is 1.93. The Hall–Kier alpha value is -1.81. The maximum absolute atomic E-state index is 5.19. The first-order valence-electron chi connectivity index (χ1n) is 5.65. The van der Waals surface area contributed by atoms with Gasteiger partial charge in [-0.05, 0) is 30.7 Å². The summed E-state index contributed by atoms with van der Waals surface area (Å²) in [5, 5.41) is 10.3. The van der Waals surface area contributed by atoms with Crippen LogP contribution in [0.15, 0.2) is 36.5 Å². The van der Waals surface area contributed by atoms with Crippen molar-refractivity contribution in [3.63, 3.8) is 0 Å². The largest absolute Gasteiger partial charge is 0.497 e. The molecule has 0 saturated carbocycles. The Morgan fingerprint density at radius 3 is 3.00 bits per heavy atom. The molecule has 0 fully saturated rings. The second-order valence-electron chi connectivity index (χ2n) is 3.97. The normalized spacial score (nSPS) is 12.4. The zero-order valence-corrected chi connectivity index (χ0v) is 10.1. The van der Waals surface area contributed by atoms with E-state index in [1.165, 1.54) is 5.56 Å². The molecule has 0 spiro atoms. The third-order valence-electron chi connectivity index (χ3n) is 2.74. The molecule has 2 N–H and O–H groups in total. The van der Waals surface area contributed by atoms with Gasteiger partial charge in [-0.25, -0.2) is 0 Å². The Morgan fingerprint density at radius 2 is 2.29 bits per heavy atom. The minimum Gasteiger partial charge on any atom is -0.497 e. The summed E-state index contributed by atoms with van der Waals surface area (Å²) >= 11 is 0. The fourth-order valence-corrected chi connectivity index (χ4v) is 1.67. The lowest BCUT2D eigenvalue weighted by Crippen LogP contribution is -2.18. The highest BCUT2D eigenvalue weighted by molar-refractivity contribution is 5.28. The maximum Gasteiger partial charge on any atom is 0.119 e. The van der Waals surface area contributed by atoms with Gasteiger partial charge in [-0.15, -0.1) is 0 Å². The van der Waals surface area contributed by atoms with Crippen molar-refractivity contribution in [1.82, 2.24) is 15.5 Å². The van der Waals surface area contributed by atoms with Crippen LogP contribution in [0.1, 0.15) is 24.2 Å². The summed E-state index contributed by atoms with van der Waals surface area (Å²) in [7, 11) is 1.68. The Labute approximate surface area is 101 Å². The van der Waals surface area contributed by atoms with Gasteiger partial charge < -0.3 is 10.1 Å². The van der Waals surface area contributed by atoms with Crippen LogP contribution in [0.5, 0.6) is 5.75 Å². The molecule has 0 amide bonds. The average Bonchev–Trinajstić information content (AvgIpc) is 2.90. The van der Waals surface area contributed by atoms with Crippen LogP contribution in [0.3, 0.4) is 0 Å². The summed E-state index contributed by atoms with van der Waals surface area (Å²) in [4.78, 5) is 0. The summed E-state index contributed by atoms with van der Waals surface area (Å²) in [6.07, 6.45) is 1.76. The average molecular weight is 231 g/mol. The number of benzene rings is 1. The fourth-order valence-electron chi connectivity index (χ4n) is 1.67. The lowest BCUT2D eigenvalue weighted by atomic mass is 10.2. The second-order valence-corrected chi connectivity index (χ2v) is 3.97. The van der Waals surface area contributed by atoms with Crippen molar-refractivity contribution >= 4 is 0 Å². The highest BCUT2D eigenvalue weighted by Gasteiger charge is 2.05. The van der Waals surface area contributed by atoms with Crippen molar-refractivity contribution in [2.24, 2.45) is 0 Å². The van der Waals surface area contributed by atoms with Crippen LogP contribution < -0.4 is 10.1 Å². The second kappa shape index (κ2) is 5.50.